The topological polar surface area (TPSA) is 18.5 Å². The Hall–Kier alpha value is -2.03. The Balaban J connectivity index is 1.61. The Bertz CT molecular complexity index is 1330. The molecule has 4 aliphatic rings. The predicted octanol–water partition coefficient (Wildman–Crippen LogP) is 10.4. The average Bonchev–Trinajstić information content (AvgIpc) is 3.32. The average molecular weight is 576 g/mol. The molecule has 3 saturated heterocycles. The molecule has 0 amide bonds. The summed E-state index contributed by atoms with van der Waals surface area (Å²) in [6.45, 7) is 21.7. The summed E-state index contributed by atoms with van der Waals surface area (Å²) >= 11 is 0. The fourth-order valence-corrected chi connectivity index (χ4v) is 8.87. The van der Waals surface area contributed by atoms with Crippen LogP contribution in [0.4, 0.5) is 0 Å². The molecule has 0 bridgehead atoms. The SMILES string of the molecule is CC1(C)CB(C2=C(c3ccccc3)C(c3ccccc3)=C(B3CC(C)(C)C(C)(C)C3)C(OC3CCCCO3)C2)CC1(C)C. The van der Waals surface area contributed by atoms with Crippen LogP contribution in [0, 0.1) is 21.7 Å². The zero-order valence-electron chi connectivity index (χ0n) is 28.3. The van der Waals surface area contributed by atoms with Gasteiger partial charge in [-0.3, -0.25) is 0 Å². The lowest BCUT2D eigenvalue weighted by atomic mass is 9.34. The first kappa shape index (κ1) is 31.0. The van der Waals surface area contributed by atoms with Gasteiger partial charge in [-0.25, -0.2) is 0 Å². The molecule has 2 atom stereocenters. The number of rotatable bonds is 6. The van der Waals surface area contributed by atoms with Crippen LogP contribution in [0.5, 0.6) is 0 Å². The molecular formula is C39H54B2O2. The normalized spacial score (nSPS) is 28.1. The summed E-state index contributed by atoms with van der Waals surface area (Å²) in [5.74, 6) is 0. The molecule has 2 unspecified atom stereocenters. The van der Waals surface area contributed by atoms with Gasteiger partial charge in [-0.15, -0.1) is 0 Å². The van der Waals surface area contributed by atoms with Gasteiger partial charge in [0, 0.05) is 6.61 Å². The van der Waals surface area contributed by atoms with E-state index < -0.39 is 0 Å². The van der Waals surface area contributed by atoms with E-state index >= 15 is 0 Å². The Morgan fingerprint density at radius 2 is 1.12 bits per heavy atom. The maximum atomic E-state index is 7.21. The van der Waals surface area contributed by atoms with Crippen molar-refractivity contribution in [2.75, 3.05) is 6.61 Å². The van der Waals surface area contributed by atoms with Gasteiger partial charge >= 0.3 is 0 Å². The molecule has 6 rings (SSSR count). The van der Waals surface area contributed by atoms with Gasteiger partial charge in [-0.2, -0.15) is 0 Å². The molecule has 3 heterocycles. The van der Waals surface area contributed by atoms with Gasteiger partial charge in [0.05, 0.1) is 6.10 Å². The molecular weight excluding hydrogens is 522 g/mol. The first-order valence-corrected chi connectivity index (χ1v) is 17.2. The van der Waals surface area contributed by atoms with E-state index in [0.29, 0.717) is 13.4 Å². The number of hydrogen-bond donors (Lipinski definition) is 0. The molecule has 0 saturated carbocycles. The van der Waals surface area contributed by atoms with Gasteiger partial charge in [-0.1, -0.05) is 152 Å². The first-order valence-electron chi connectivity index (χ1n) is 17.2. The van der Waals surface area contributed by atoms with Crippen molar-refractivity contribution in [2.45, 2.75) is 119 Å². The van der Waals surface area contributed by atoms with Crippen molar-refractivity contribution >= 4 is 24.6 Å². The number of benzene rings is 2. The van der Waals surface area contributed by atoms with Crippen LogP contribution in [-0.2, 0) is 9.47 Å². The molecule has 3 aliphatic heterocycles. The molecule has 2 nitrogen and oxygen atoms in total. The lowest BCUT2D eigenvalue weighted by Crippen LogP contribution is -2.38. The van der Waals surface area contributed by atoms with Crippen LogP contribution in [0.25, 0.3) is 11.1 Å². The van der Waals surface area contributed by atoms with Crippen LogP contribution >= 0.6 is 0 Å². The van der Waals surface area contributed by atoms with E-state index in [2.05, 4.69) is 116 Å². The van der Waals surface area contributed by atoms with Crippen LogP contribution in [0.15, 0.2) is 71.6 Å². The zero-order valence-corrected chi connectivity index (χ0v) is 28.3. The number of allylic oxidation sites excluding steroid dienone is 2. The molecule has 228 valence electrons. The lowest BCUT2D eigenvalue weighted by Gasteiger charge is -2.39. The highest BCUT2D eigenvalue weighted by molar-refractivity contribution is 6.73. The highest BCUT2D eigenvalue weighted by Crippen LogP contribution is 2.60. The van der Waals surface area contributed by atoms with Gasteiger partial charge in [0.2, 0.25) is 0 Å². The molecule has 3 fully saturated rings. The fraction of sp³-hybridized carbons (Fsp3) is 0.590. The van der Waals surface area contributed by atoms with Crippen molar-refractivity contribution in [3.63, 3.8) is 0 Å². The van der Waals surface area contributed by atoms with Crippen molar-refractivity contribution in [1.29, 1.82) is 0 Å². The quantitative estimate of drug-likeness (QED) is 0.319. The minimum Gasteiger partial charge on any atom is -0.353 e. The highest BCUT2D eigenvalue weighted by Gasteiger charge is 2.54. The van der Waals surface area contributed by atoms with E-state index in [1.165, 1.54) is 59.4 Å². The largest absolute Gasteiger partial charge is 0.353 e. The summed E-state index contributed by atoms with van der Waals surface area (Å²) < 4.78 is 13.5. The summed E-state index contributed by atoms with van der Waals surface area (Å²) in [6, 6.07) is 22.6. The second-order valence-electron chi connectivity index (χ2n) is 16.8. The smallest absolute Gasteiger partial charge is 0.175 e. The van der Waals surface area contributed by atoms with E-state index in [4.69, 9.17) is 9.47 Å². The van der Waals surface area contributed by atoms with E-state index in [1.54, 1.807) is 5.47 Å². The molecule has 2 aromatic carbocycles. The highest BCUT2D eigenvalue weighted by atomic mass is 16.7. The molecule has 2 aromatic rings. The van der Waals surface area contributed by atoms with Gasteiger partial charge in [0.15, 0.2) is 19.7 Å². The molecule has 0 radical (unpaired) electrons. The van der Waals surface area contributed by atoms with Gasteiger partial charge in [0.25, 0.3) is 0 Å². The number of ether oxygens (including phenoxy) is 2. The van der Waals surface area contributed by atoms with Crippen molar-refractivity contribution in [3.8, 4) is 0 Å². The maximum absolute atomic E-state index is 7.21. The monoisotopic (exact) mass is 576 g/mol. The Labute approximate surface area is 263 Å². The van der Waals surface area contributed by atoms with Crippen molar-refractivity contribution in [1.82, 2.24) is 0 Å². The minimum atomic E-state index is -0.107. The third-order valence-electron chi connectivity index (χ3n) is 12.8. The minimum absolute atomic E-state index is 0.0438. The fourth-order valence-electron chi connectivity index (χ4n) is 8.87. The molecule has 0 N–H and O–H groups in total. The summed E-state index contributed by atoms with van der Waals surface area (Å²) in [6.07, 6.45) is 9.07. The van der Waals surface area contributed by atoms with Crippen LogP contribution < -0.4 is 0 Å². The van der Waals surface area contributed by atoms with Gasteiger partial charge in [0.1, 0.15) is 0 Å². The second kappa shape index (κ2) is 11.4. The molecule has 1 aliphatic carbocycles. The summed E-state index contributed by atoms with van der Waals surface area (Å²) in [5.41, 5.74) is 9.89. The Kier molecular flexibility index (Phi) is 8.21. The zero-order chi connectivity index (χ0) is 30.6. The predicted molar refractivity (Wildman–Crippen MR) is 186 cm³/mol. The first-order chi connectivity index (χ1) is 20.3. The molecule has 0 aromatic heterocycles. The second-order valence-corrected chi connectivity index (χ2v) is 16.8. The Morgan fingerprint density at radius 1 is 0.628 bits per heavy atom. The van der Waals surface area contributed by atoms with Crippen LogP contribution in [-0.4, -0.2) is 32.4 Å². The van der Waals surface area contributed by atoms with Crippen molar-refractivity contribution in [3.05, 3.63) is 82.7 Å². The third-order valence-corrected chi connectivity index (χ3v) is 12.8. The van der Waals surface area contributed by atoms with Gasteiger partial charge < -0.3 is 9.47 Å². The van der Waals surface area contributed by atoms with E-state index in [-0.39, 0.29) is 34.1 Å². The molecule has 4 heteroatoms. The van der Waals surface area contributed by atoms with E-state index in [0.717, 1.165) is 25.9 Å². The molecule has 43 heavy (non-hydrogen) atoms. The Morgan fingerprint density at radius 3 is 1.60 bits per heavy atom. The third kappa shape index (κ3) is 5.77. The van der Waals surface area contributed by atoms with Crippen molar-refractivity contribution < 1.29 is 9.47 Å². The number of hydrogen-bond acceptors (Lipinski definition) is 2. The standard InChI is InChI=1S/C39H54B2O2/c1-36(2)24-40(25-37(36,3)4)30-23-31(43-32-21-15-16-22-42-32)35(41-26-38(5,6)39(7,8)27-41)34(29-19-13-10-14-20-29)33(30)28-17-11-9-12-18-28/h9-14,17-20,31-32H,15-16,21-27H2,1-8H3. The summed E-state index contributed by atoms with van der Waals surface area (Å²) in [4.78, 5) is 0. The van der Waals surface area contributed by atoms with Gasteiger partial charge in [-0.05, 0) is 69.6 Å². The lowest BCUT2D eigenvalue weighted by molar-refractivity contribution is -0.178. The molecule has 0 spiro atoms. The van der Waals surface area contributed by atoms with Crippen LogP contribution in [0.1, 0.15) is 92.2 Å². The summed E-state index contributed by atoms with van der Waals surface area (Å²) in [7, 11) is 0. The maximum Gasteiger partial charge on any atom is 0.175 e. The van der Waals surface area contributed by atoms with Crippen LogP contribution in [0.2, 0.25) is 25.3 Å². The van der Waals surface area contributed by atoms with Crippen molar-refractivity contribution in [2.24, 2.45) is 21.7 Å². The summed E-state index contributed by atoms with van der Waals surface area (Å²) in [5, 5.41) is 0. The van der Waals surface area contributed by atoms with E-state index in [9.17, 15) is 0 Å². The van der Waals surface area contributed by atoms with E-state index in [1.807, 2.05) is 0 Å². The van der Waals surface area contributed by atoms with Crippen LogP contribution in [0.3, 0.4) is 0 Å².